The molecule has 0 aliphatic heterocycles. The number of nitrogens with zero attached hydrogens (tertiary/aromatic N) is 2. The van der Waals surface area contributed by atoms with E-state index in [1.807, 2.05) is 13.8 Å². The van der Waals surface area contributed by atoms with Gasteiger partial charge in [-0.2, -0.15) is 0 Å². The van der Waals surface area contributed by atoms with Crippen LogP contribution in [-0.2, 0) is 0 Å². The first kappa shape index (κ1) is 10.6. The van der Waals surface area contributed by atoms with Gasteiger partial charge in [-0.25, -0.2) is 4.39 Å². The number of benzene rings is 1. The highest BCUT2D eigenvalue weighted by atomic mass is 19.1. The van der Waals surface area contributed by atoms with Crippen molar-refractivity contribution in [3.63, 3.8) is 0 Å². The zero-order valence-electron chi connectivity index (χ0n) is 9.12. The molecule has 0 amide bonds. The molecule has 1 aromatic heterocycles. The summed E-state index contributed by atoms with van der Waals surface area (Å²) in [7, 11) is 0. The molecule has 0 radical (unpaired) electrons. The SMILES string of the molecule is CCNc1nnc(-c2ccc(C)cc2F)o1. The molecule has 0 unspecified atom stereocenters. The van der Waals surface area contributed by atoms with Gasteiger partial charge >= 0.3 is 6.01 Å². The van der Waals surface area contributed by atoms with Gasteiger partial charge in [0.15, 0.2) is 0 Å². The molecular weight excluding hydrogens is 209 g/mol. The lowest BCUT2D eigenvalue weighted by Gasteiger charge is -1.98. The van der Waals surface area contributed by atoms with Crippen LogP contribution in [0.5, 0.6) is 0 Å². The van der Waals surface area contributed by atoms with Crippen molar-refractivity contribution in [2.45, 2.75) is 13.8 Å². The predicted molar refractivity (Wildman–Crippen MR) is 58.6 cm³/mol. The van der Waals surface area contributed by atoms with Crippen LogP contribution in [0, 0.1) is 12.7 Å². The number of nitrogens with one attached hydrogen (secondary N) is 1. The van der Waals surface area contributed by atoms with E-state index in [4.69, 9.17) is 4.42 Å². The van der Waals surface area contributed by atoms with E-state index in [1.165, 1.54) is 6.07 Å². The maximum Gasteiger partial charge on any atom is 0.315 e. The van der Waals surface area contributed by atoms with E-state index in [1.54, 1.807) is 12.1 Å². The number of aromatic nitrogens is 2. The van der Waals surface area contributed by atoms with Gasteiger partial charge in [0.05, 0.1) is 5.56 Å². The smallest absolute Gasteiger partial charge is 0.315 e. The third-order valence-corrected chi connectivity index (χ3v) is 2.11. The largest absolute Gasteiger partial charge is 0.403 e. The van der Waals surface area contributed by atoms with Crippen molar-refractivity contribution in [1.29, 1.82) is 0 Å². The van der Waals surface area contributed by atoms with Crippen LogP contribution < -0.4 is 5.32 Å². The lowest BCUT2D eigenvalue weighted by atomic mass is 10.1. The topological polar surface area (TPSA) is 51.0 Å². The highest BCUT2D eigenvalue weighted by Crippen LogP contribution is 2.23. The summed E-state index contributed by atoms with van der Waals surface area (Å²) in [5, 5.41) is 10.4. The monoisotopic (exact) mass is 221 g/mol. The lowest BCUT2D eigenvalue weighted by molar-refractivity contribution is 0.569. The summed E-state index contributed by atoms with van der Waals surface area (Å²) in [5.74, 6) is -0.167. The molecule has 0 fully saturated rings. The first-order valence-electron chi connectivity index (χ1n) is 5.04. The zero-order chi connectivity index (χ0) is 11.5. The van der Waals surface area contributed by atoms with Crippen molar-refractivity contribution in [3.05, 3.63) is 29.6 Å². The quantitative estimate of drug-likeness (QED) is 0.865. The van der Waals surface area contributed by atoms with E-state index in [9.17, 15) is 4.39 Å². The van der Waals surface area contributed by atoms with Crippen LogP contribution in [0.1, 0.15) is 12.5 Å². The van der Waals surface area contributed by atoms with Gasteiger partial charge in [-0.05, 0) is 31.5 Å². The number of hydrogen-bond acceptors (Lipinski definition) is 4. The van der Waals surface area contributed by atoms with Gasteiger partial charge in [-0.1, -0.05) is 11.2 Å². The molecule has 0 spiro atoms. The standard InChI is InChI=1S/C11H12FN3O/c1-3-13-11-15-14-10(16-11)8-5-4-7(2)6-9(8)12/h4-6H,3H2,1-2H3,(H,13,15). The average molecular weight is 221 g/mol. The first-order chi connectivity index (χ1) is 7.70. The third-order valence-electron chi connectivity index (χ3n) is 2.11. The molecule has 1 heterocycles. The maximum absolute atomic E-state index is 13.6. The summed E-state index contributed by atoms with van der Waals surface area (Å²) >= 11 is 0. The second kappa shape index (κ2) is 4.30. The molecule has 0 saturated carbocycles. The molecule has 2 rings (SSSR count). The first-order valence-corrected chi connectivity index (χ1v) is 5.04. The van der Waals surface area contributed by atoms with Crippen molar-refractivity contribution in [3.8, 4) is 11.5 Å². The molecule has 0 aliphatic carbocycles. The van der Waals surface area contributed by atoms with E-state index in [0.29, 0.717) is 18.1 Å². The van der Waals surface area contributed by atoms with Crippen molar-refractivity contribution >= 4 is 6.01 Å². The molecule has 16 heavy (non-hydrogen) atoms. The molecule has 84 valence electrons. The molecule has 0 atom stereocenters. The van der Waals surface area contributed by atoms with E-state index in [0.717, 1.165) is 5.56 Å². The number of aryl methyl sites for hydroxylation is 1. The Morgan fingerprint density at radius 2 is 2.19 bits per heavy atom. The highest BCUT2D eigenvalue weighted by Gasteiger charge is 2.12. The fourth-order valence-corrected chi connectivity index (χ4v) is 1.35. The van der Waals surface area contributed by atoms with Crippen molar-refractivity contribution in [2.24, 2.45) is 0 Å². The minimum atomic E-state index is -0.355. The minimum Gasteiger partial charge on any atom is -0.403 e. The van der Waals surface area contributed by atoms with E-state index in [2.05, 4.69) is 15.5 Å². The van der Waals surface area contributed by atoms with Crippen molar-refractivity contribution in [1.82, 2.24) is 10.2 Å². The predicted octanol–water partition coefficient (Wildman–Crippen LogP) is 2.62. The van der Waals surface area contributed by atoms with Gasteiger partial charge in [0, 0.05) is 6.54 Å². The van der Waals surface area contributed by atoms with Crippen LogP contribution in [0.4, 0.5) is 10.4 Å². The summed E-state index contributed by atoms with van der Waals surface area (Å²) in [6.07, 6.45) is 0. The molecule has 0 bridgehead atoms. The molecule has 0 aliphatic rings. The Balaban J connectivity index is 2.35. The number of hydrogen-bond donors (Lipinski definition) is 1. The van der Waals surface area contributed by atoms with Crippen molar-refractivity contribution in [2.75, 3.05) is 11.9 Å². The molecule has 2 aromatic rings. The second-order valence-electron chi connectivity index (χ2n) is 3.43. The minimum absolute atomic E-state index is 0.188. The summed E-state index contributed by atoms with van der Waals surface area (Å²) in [6, 6.07) is 5.17. The molecule has 1 N–H and O–H groups in total. The number of anilines is 1. The van der Waals surface area contributed by atoms with Gasteiger partial charge < -0.3 is 9.73 Å². The van der Waals surface area contributed by atoms with Crippen LogP contribution in [0.3, 0.4) is 0 Å². The average Bonchev–Trinajstić information content (AvgIpc) is 2.67. The van der Waals surface area contributed by atoms with Crippen LogP contribution >= 0.6 is 0 Å². The van der Waals surface area contributed by atoms with Crippen LogP contribution in [0.25, 0.3) is 11.5 Å². The molecule has 1 aromatic carbocycles. The molecular formula is C11H12FN3O. The van der Waals surface area contributed by atoms with Crippen molar-refractivity contribution < 1.29 is 8.81 Å². The fraction of sp³-hybridized carbons (Fsp3) is 0.273. The second-order valence-corrected chi connectivity index (χ2v) is 3.43. The Bertz CT molecular complexity index is 496. The normalized spacial score (nSPS) is 10.4. The molecule has 4 nitrogen and oxygen atoms in total. The van der Waals surface area contributed by atoms with E-state index < -0.39 is 0 Å². The van der Waals surface area contributed by atoms with Gasteiger partial charge in [0.1, 0.15) is 5.82 Å². The number of halogens is 1. The summed E-state index contributed by atoms with van der Waals surface area (Å²) < 4.78 is 18.8. The van der Waals surface area contributed by atoms with Gasteiger partial charge in [0.2, 0.25) is 0 Å². The van der Waals surface area contributed by atoms with Crippen LogP contribution in [-0.4, -0.2) is 16.7 Å². The van der Waals surface area contributed by atoms with Gasteiger partial charge in [0.25, 0.3) is 5.89 Å². The Morgan fingerprint density at radius 1 is 1.38 bits per heavy atom. The third kappa shape index (κ3) is 2.03. The van der Waals surface area contributed by atoms with E-state index in [-0.39, 0.29) is 11.7 Å². The molecule has 0 saturated heterocycles. The van der Waals surface area contributed by atoms with E-state index >= 15 is 0 Å². The summed E-state index contributed by atoms with van der Waals surface area (Å²) in [6.45, 7) is 4.42. The zero-order valence-corrected chi connectivity index (χ0v) is 9.12. The Labute approximate surface area is 92.5 Å². The lowest BCUT2D eigenvalue weighted by Crippen LogP contribution is -1.95. The van der Waals surface area contributed by atoms with Gasteiger partial charge in [-0.3, -0.25) is 0 Å². The fourth-order valence-electron chi connectivity index (χ4n) is 1.35. The summed E-state index contributed by atoms with van der Waals surface area (Å²) in [4.78, 5) is 0. The van der Waals surface area contributed by atoms with Crippen LogP contribution in [0.2, 0.25) is 0 Å². The Morgan fingerprint density at radius 3 is 2.88 bits per heavy atom. The number of rotatable bonds is 3. The highest BCUT2D eigenvalue weighted by molar-refractivity contribution is 5.55. The Hall–Kier alpha value is -1.91. The van der Waals surface area contributed by atoms with Gasteiger partial charge in [-0.15, -0.1) is 5.10 Å². The Kier molecular flexibility index (Phi) is 2.85. The maximum atomic E-state index is 13.6. The summed E-state index contributed by atoms with van der Waals surface area (Å²) in [5.41, 5.74) is 1.18. The van der Waals surface area contributed by atoms with Crippen LogP contribution in [0.15, 0.2) is 22.6 Å². The molecule has 5 heteroatoms.